The number of carbonyl (C=O) groups is 1. The molecule has 19 heavy (non-hydrogen) atoms. The first kappa shape index (κ1) is 13.3. The van der Waals surface area contributed by atoms with E-state index in [4.69, 9.17) is 4.52 Å². The molecule has 0 aliphatic rings. The molecular formula is C14H17N3O2. The molecule has 2 rings (SSSR count). The van der Waals surface area contributed by atoms with Crippen LogP contribution in [0.4, 0.5) is 0 Å². The van der Waals surface area contributed by atoms with Gasteiger partial charge in [0.05, 0.1) is 0 Å². The Morgan fingerprint density at radius 1 is 1.37 bits per heavy atom. The summed E-state index contributed by atoms with van der Waals surface area (Å²) in [5.74, 6) is 1.08. The second-order valence-electron chi connectivity index (χ2n) is 4.50. The van der Waals surface area contributed by atoms with Crippen LogP contribution >= 0.6 is 0 Å². The molecule has 0 spiro atoms. The number of carbonyl (C=O) groups excluding carboxylic acids is 1. The lowest BCUT2D eigenvalue weighted by Crippen LogP contribution is -2.23. The highest BCUT2D eigenvalue weighted by molar-refractivity contribution is 5.76. The number of rotatable bonds is 5. The normalized spacial score (nSPS) is 10.4. The average molecular weight is 259 g/mol. The van der Waals surface area contributed by atoms with Crippen LogP contribution < -0.4 is 5.32 Å². The summed E-state index contributed by atoms with van der Waals surface area (Å²) < 4.78 is 4.95. The predicted molar refractivity (Wildman–Crippen MR) is 70.4 cm³/mol. The summed E-state index contributed by atoms with van der Waals surface area (Å²) in [6.07, 6.45) is 0.827. The van der Waals surface area contributed by atoms with Crippen molar-refractivity contribution in [3.05, 3.63) is 47.1 Å². The third kappa shape index (κ3) is 4.21. The highest BCUT2D eigenvalue weighted by atomic mass is 16.5. The Hall–Kier alpha value is -2.17. The van der Waals surface area contributed by atoms with E-state index in [1.165, 1.54) is 5.56 Å². The highest BCUT2D eigenvalue weighted by Crippen LogP contribution is 2.04. The highest BCUT2D eigenvalue weighted by Gasteiger charge is 2.07. The predicted octanol–water partition coefficient (Wildman–Crippen LogP) is 1.94. The number of hydrogen-bond donors (Lipinski definition) is 1. The maximum Gasteiger partial charge on any atom is 0.227 e. The minimum Gasteiger partial charge on any atom is -0.352 e. The van der Waals surface area contributed by atoms with Crippen molar-refractivity contribution in [2.45, 2.75) is 33.2 Å². The Balaban J connectivity index is 1.75. The molecule has 0 bridgehead atoms. The fraction of sp³-hybridized carbons (Fsp3) is 0.357. The third-order valence-electron chi connectivity index (χ3n) is 2.71. The number of benzene rings is 1. The Morgan fingerprint density at radius 2 is 2.21 bits per heavy atom. The van der Waals surface area contributed by atoms with Gasteiger partial charge in [-0.25, -0.2) is 0 Å². The van der Waals surface area contributed by atoms with E-state index in [1.54, 1.807) is 6.92 Å². The smallest absolute Gasteiger partial charge is 0.227 e. The van der Waals surface area contributed by atoms with Crippen LogP contribution in [0, 0.1) is 13.8 Å². The van der Waals surface area contributed by atoms with E-state index in [1.807, 2.05) is 25.1 Å². The summed E-state index contributed by atoms with van der Waals surface area (Å²) in [4.78, 5) is 15.7. The summed E-state index contributed by atoms with van der Waals surface area (Å²) in [6.45, 7) is 4.33. The van der Waals surface area contributed by atoms with Crippen molar-refractivity contribution < 1.29 is 9.32 Å². The maximum absolute atomic E-state index is 11.7. The second kappa shape index (κ2) is 6.13. The van der Waals surface area contributed by atoms with Crippen molar-refractivity contribution >= 4 is 5.91 Å². The van der Waals surface area contributed by atoms with Crippen LogP contribution in [-0.2, 0) is 17.8 Å². The molecule has 1 aromatic carbocycles. The molecule has 2 aromatic rings. The molecule has 0 radical (unpaired) electrons. The average Bonchev–Trinajstić information content (AvgIpc) is 2.80. The van der Waals surface area contributed by atoms with E-state index in [2.05, 4.69) is 21.5 Å². The molecule has 0 saturated carbocycles. The molecule has 5 heteroatoms. The van der Waals surface area contributed by atoms with E-state index >= 15 is 0 Å². The monoisotopic (exact) mass is 259 g/mol. The van der Waals surface area contributed by atoms with E-state index < -0.39 is 0 Å². The zero-order valence-electron chi connectivity index (χ0n) is 11.1. The zero-order chi connectivity index (χ0) is 13.7. The number of nitrogens with zero attached hydrogens (tertiary/aromatic N) is 2. The lowest BCUT2D eigenvalue weighted by atomic mass is 10.1. The fourth-order valence-electron chi connectivity index (χ4n) is 1.77. The number of nitrogens with one attached hydrogen (secondary N) is 1. The summed E-state index contributed by atoms with van der Waals surface area (Å²) in [5.41, 5.74) is 2.29. The van der Waals surface area contributed by atoms with Gasteiger partial charge in [-0.3, -0.25) is 4.79 Å². The van der Waals surface area contributed by atoms with Crippen molar-refractivity contribution in [2.75, 3.05) is 0 Å². The molecule has 0 aliphatic carbocycles. The Morgan fingerprint density at radius 3 is 2.89 bits per heavy atom. The van der Waals surface area contributed by atoms with Gasteiger partial charge in [-0.2, -0.15) is 4.98 Å². The second-order valence-corrected chi connectivity index (χ2v) is 4.50. The number of hydrogen-bond acceptors (Lipinski definition) is 4. The fourth-order valence-corrected chi connectivity index (χ4v) is 1.77. The van der Waals surface area contributed by atoms with Crippen molar-refractivity contribution in [1.29, 1.82) is 0 Å². The lowest BCUT2D eigenvalue weighted by Gasteiger charge is -2.05. The minimum atomic E-state index is -0.0163. The van der Waals surface area contributed by atoms with Crippen LogP contribution in [0.1, 0.15) is 29.3 Å². The van der Waals surface area contributed by atoms with Crippen LogP contribution in [-0.4, -0.2) is 16.0 Å². The topological polar surface area (TPSA) is 68.0 Å². The Bertz CT molecular complexity index is 563. The van der Waals surface area contributed by atoms with Crippen LogP contribution in [0.15, 0.2) is 28.8 Å². The summed E-state index contributed by atoms with van der Waals surface area (Å²) in [7, 11) is 0. The zero-order valence-corrected chi connectivity index (χ0v) is 11.1. The van der Waals surface area contributed by atoms with Gasteiger partial charge in [-0.1, -0.05) is 35.0 Å². The van der Waals surface area contributed by atoms with Gasteiger partial charge >= 0.3 is 0 Å². The molecule has 0 saturated heterocycles. The third-order valence-corrected chi connectivity index (χ3v) is 2.71. The first-order valence-electron chi connectivity index (χ1n) is 6.25. The molecule has 0 unspecified atom stereocenters. The van der Waals surface area contributed by atoms with Crippen LogP contribution in [0.5, 0.6) is 0 Å². The number of aromatic nitrogens is 2. The molecule has 1 amide bonds. The molecule has 1 heterocycles. The van der Waals surface area contributed by atoms with E-state index in [-0.39, 0.29) is 5.91 Å². The summed E-state index contributed by atoms with van der Waals surface area (Å²) in [6, 6.07) is 8.07. The van der Waals surface area contributed by atoms with Gasteiger partial charge in [0, 0.05) is 19.4 Å². The van der Waals surface area contributed by atoms with Crippen molar-refractivity contribution in [3.8, 4) is 0 Å². The van der Waals surface area contributed by atoms with Crippen LogP contribution in [0.2, 0.25) is 0 Å². The van der Waals surface area contributed by atoms with Gasteiger partial charge in [-0.05, 0) is 19.4 Å². The van der Waals surface area contributed by atoms with Gasteiger partial charge in [0.2, 0.25) is 11.8 Å². The quantitative estimate of drug-likeness (QED) is 0.891. The number of amides is 1. The molecule has 1 N–H and O–H groups in total. The van der Waals surface area contributed by atoms with E-state index in [0.717, 1.165) is 5.56 Å². The maximum atomic E-state index is 11.7. The van der Waals surface area contributed by atoms with Crippen LogP contribution in [0.3, 0.4) is 0 Å². The van der Waals surface area contributed by atoms with E-state index in [9.17, 15) is 4.79 Å². The summed E-state index contributed by atoms with van der Waals surface area (Å²) >= 11 is 0. The van der Waals surface area contributed by atoms with Gasteiger partial charge in [0.25, 0.3) is 0 Å². The van der Waals surface area contributed by atoms with Gasteiger partial charge in [-0.15, -0.1) is 0 Å². The molecule has 1 aromatic heterocycles. The molecule has 0 atom stereocenters. The van der Waals surface area contributed by atoms with Crippen molar-refractivity contribution in [3.63, 3.8) is 0 Å². The van der Waals surface area contributed by atoms with Crippen molar-refractivity contribution in [1.82, 2.24) is 15.5 Å². The molecule has 0 fully saturated rings. The van der Waals surface area contributed by atoms with Gasteiger partial charge in [0.1, 0.15) is 0 Å². The van der Waals surface area contributed by atoms with Crippen molar-refractivity contribution in [2.24, 2.45) is 0 Å². The molecule has 0 aliphatic heterocycles. The first-order chi connectivity index (χ1) is 9.13. The van der Waals surface area contributed by atoms with E-state index in [0.29, 0.717) is 31.1 Å². The standard InChI is InChI=1S/C14H17N3O2/c1-10-4-3-5-12(8-10)9-15-13(18)6-7-14-16-11(2)17-19-14/h3-5,8H,6-7,9H2,1-2H3,(H,15,18). The Labute approximate surface area is 112 Å². The Kier molecular flexibility index (Phi) is 4.28. The van der Waals surface area contributed by atoms with Crippen LogP contribution in [0.25, 0.3) is 0 Å². The van der Waals surface area contributed by atoms with Gasteiger partial charge < -0.3 is 9.84 Å². The summed E-state index contributed by atoms with van der Waals surface area (Å²) in [5, 5.41) is 6.55. The van der Waals surface area contributed by atoms with Gasteiger partial charge in [0.15, 0.2) is 5.82 Å². The molecule has 100 valence electrons. The largest absolute Gasteiger partial charge is 0.352 e. The SMILES string of the molecule is Cc1cccc(CNC(=O)CCc2nc(C)no2)c1. The molecular weight excluding hydrogens is 242 g/mol. The molecule has 5 nitrogen and oxygen atoms in total. The number of aryl methyl sites for hydroxylation is 3. The first-order valence-corrected chi connectivity index (χ1v) is 6.25. The lowest BCUT2D eigenvalue weighted by molar-refractivity contribution is -0.121. The minimum absolute atomic E-state index is 0.0163.